The summed E-state index contributed by atoms with van der Waals surface area (Å²) in [4.78, 5) is 37.3. The first kappa shape index (κ1) is 64.2. The average molecular weight is 1030 g/mol. The quantitative estimate of drug-likeness (QED) is 0.0641. The number of rotatable bonds is 15. The number of hydrogen-bond acceptors (Lipinski definition) is 12. The second kappa shape index (κ2) is 28.4. The minimum absolute atomic E-state index is 0.101. The highest BCUT2D eigenvalue weighted by Gasteiger charge is 2.44. The Hall–Kier alpha value is -4.82. The van der Waals surface area contributed by atoms with E-state index < -0.39 is 45.6 Å². The first-order chi connectivity index (χ1) is 32.4. The fourth-order valence-electron chi connectivity index (χ4n) is 5.02. The Morgan fingerprint density at radius 2 is 0.944 bits per heavy atom. The van der Waals surface area contributed by atoms with Gasteiger partial charge in [0.15, 0.2) is 16.6 Å². The molecule has 402 valence electrons. The second-order valence-corrected chi connectivity index (χ2v) is 33.1. The summed E-state index contributed by atoms with van der Waals surface area (Å²) < 4.78 is 39.6. The Balaban J connectivity index is 0.000000503. The highest BCUT2D eigenvalue weighted by atomic mass is 28.4. The SMILES string of the molecule is CC(C)(C)OC(=O)N1C[C@H]1CO[Si](C)(C)C(C)(C)C.CC(C)(C)OC(=O)N[C@@H](COc1ccccc1)CO[Si](C)(C)C(C)(C)C.CC(C)(C)OC(=O)N[C@H](CN)COc1ccccc1.Oc1ccccc1. The smallest absolute Gasteiger partial charge is 0.410 e. The Bertz CT molecular complexity index is 1980. The van der Waals surface area contributed by atoms with E-state index in [9.17, 15) is 14.4 Å². The summed E-state index contributed by atoms with van der Waals surface area (Å²) in [5.41, 5.74) is 4.10. The van der Waals surface area contributed by atoms with E-state index in [1.807, 2.05) is 129 Å². The molecule has 1 fully saturated rings. The number of phenolic OH excluding ortho intramolecular Hbond substituents is 1. The minimum Gasteiger partial charge on any atom is -0.508 e. The van der Waals surface area contributed by atoms with Gasteiger partial charge in [0, 0.05) is 13.1 Å². The van der Waals surface area contributed by atoms with E-state index in [0.29, 0.717) is 32.2 Å². The maximum absolute atomic E-state index is 12.2. The third-order valence-corrected chi connectivity index (χ3v) is 20.1. The molecule has 0 spiro atoms. The van der Waals surface area contributed by atoms with Crippen molar-refractivity contribution in [1.29, 1.82) is 0 Å². The largest absolute Gasteiger partial charge is 0.508 e. The van der Waals surface area contributed by atoms with Crippen LogP contribution < -0.4 is 25.8 Å². The lowest BCUT2D eigenvalue weighted by atomic mass is 10.2. The van der Waals surface area contributed by atoms with Crippen molar-refractivity contribution in [3.8, 4) is 17.2 Å². The molecular weight excluding hydrogens is 937 g/mol. The summed E-state index contributed by atoms with van der Waals surface area (Å²) >= 11 is 0. The van der Waals surface area contributed by atoms with Gasteiger partial charge in [-0.1, -0.05) is 96.1 Å². The highest BCUT2D eigenvalue weighted by Crippen LogP contribution is 2.38. The van der Waals surface area contributed by atoms with Crippen molar-refractivity contribution in [2.24, 2.45) is 5.73 Å². The molecule has 5 N–H and O–H groups in total. The van der Waals surface area contributed by atoms with Crippen LogP contribution in [0.4, 0.5) is 14.4 Å². The topological polar surface area (TPSA) is 189 Å². The molecule has 17 heteroatoms. The van der Waals surface area contributed by atoms with Gasteiger partial charge in [-0.3, -0.25) is 4.90 Å². The minimum atomic E-state index is -1.92. The lowest BCUT2D eigenvalue weighted by molar-refractivity contribution is 0.0394. The molecule has 0 unspecified atom stereocenters. The Kier molecular flexibility index (Phi) is 25.7. The fraction of sp³-hybridized carbons (Fsp3) is 0.611. The van der Waals surface area contributed by atoms with Crippen molar-refractivity contribution in [3.63, 3.8) is 0 Å². The van der Waals surface area contributed by atoms with Gasteiger partial charge in [0.25, 0.3) is 0 Å². The number of para-hydroxylation sites is 3. The van der Waals surface area contributed by atoms with Gasteiger partial charge in [-0.2, -0.15) is 0 Å². The summed E-state index contributed by atoms with van der Waals surface area (Å²) in [6, 6.07) is 27.2. The van der Waals surface area contributed by atoms with Gasteiger partial charge in [0.1, 0.15) is 47.3 Å². The molecule has 0 radical (unpaired) electrons. The van der Waals surface area contributed by atoms with Crippen LogP contribution in [0.3, 0.4) is 0 Å². The second-order valence-electron chi connectivity index (χ2n) is 23.4. The van der Waals surface area contributed by atoms with Crippen LogP contribution in [0.2, 0.25) is 36.3 Å². The number of benzene rings is 3. The van der Waals surface area contributed by atoms with Crippen LogP contribution in [0, 0.1) is 0 Å². The maximum atomic E-state index is 12.2. The molecule has 1 saturated heterocycles. The summed E-state index contributed by atoms with van der Waals surface area (Å²) in [5, 5.41) is 14.5. The molecule has 0 bridgehead atoms. The van der Waals surface area contributed by atoms with Crippen LogP contribution >= 0.6 is 0 Å². The van der Waals surface area contributed by atoms with Gasteiger partial charge in [0.05, 0.1) is 31.3 Å². The molecule has 1 aliphatic heterocycles. The first-order valence-corrected chi connectivity index (χ1v) is 30.3. The molecule has 0 aliphatic carbocycles. The van der Waals surface area contributed by atoms with E-state index in [0.717, 1.165) is 18.0 Å². The number of aromatic hydroxyl groups is 1. The third-order valence-electron chi connectivity index (χ3n) is 11.1. The number of ether oxygens (including phenoxy) is 5. The van der Waals surface area contributed by atoms with Gasteiger partial charge >= 0.3 is 18.3 Å². The first-order valence-electron chi connectivity index (χ1n) is 24.5. The van der Waals surface area contributed by atoms with E-state index in [1.54, 1.807) is 29.2 Å². The van der Waals surface area contributed by atoms with E-state index in [2.05, 4.69) is 78.4 Å². The standard InChI is InChI=1S/C20H35NO4Si.C14H22N2O3.C14H29NO3Si.C6H6O/c1-19(2,3)25-18(22)21-16(14-23-17-12-10-9-11-13-17)15-24-26(7,8)20(4,5)6;1-14(2,3)19-13(17)16-11(9-15)10-18-12-7-5-4-6-8-12;1-13(2,3)18-12(16)15-9-11(15)10-17-19(7,8)14(4,5)6;7-6-4-2-1-3-5-6/h9-13,16H,14-15H2,1-8H3,(H,21,22);4-8,11H,9-10,15H2,1-3H3,(H,16,17);11H,9-10H2,1-8H3;1-5,7H/t16-;11-;11-,15?;/m010./s1. The number of nitrogens with two attached hydrogens (primary N) is 1. The number of amides is 3. The molecule has 0 aromatic heterocycles. The number of hydrogen-bond donors (Lipinski definition) is 4. The number of carbonyl (C=O) groups is 3. The zero-order valence-electron chi connectivity index (χ0n) is 46.7. The van der Waals surface area contributed by atoms with Crippen molar-refractivity contribution in [1.82, 2.24) is 15.5 Å². The van der Waals surface area contributed by atoms with Gasteiger partial charge in [-0.15, -0.1) is 0 Å². The van der Waals surface area contributed by atoms with Crippen LogP contribution in [-0.2, 0) is 23.1 Å². The Morgan fingerprint density at radius 1 is 0.577 bits per heavy atom. The van der Waals surface area contributed by atoms with E-state index in [-0.39, 0.29) is 40.8 Å². The summed E-state index contributed by atoms with van der Waals surface area (Å²) in [5.74, 6) is 1.82. The molecule has 71 heavy (non-hydrogen) atoms. The number of alkyl carbamates (subject to hydrolysis) is 2. The monoisotopic (exact) mass is 1030 g/mol. The normalized spacial score (nSPS) is 14.8. The summed E-state index contributed by atoms with van der Waals surface area (Å²) in [6.07, 6.45) is -1.17. The Morgan fingerprint density at radius 3 is 1.30 bits per heavy atom. The molecule has 15 nitrogen and oxygen atoms in total. The van der Waals surface area contributed by atoms with Crippen molar-refractivity contribution in [2.45, 2.75) is 175 Å². The zero-order chi connectivity index (χ0) is 54.5. The van der Waals surface area contributed by atoms with Crippen molar-refractivity contribution in [2.75, 3.05) is 39.5 Å². The molecule has 3 aromatic rings. The summed E-state index contributed by atoms with van der Waals surface area (Å²) in [7, 11) is -3.64. The van der Waals surface area contributed by atoms with Gasteiger partial charge in [-0.25, -0.2) is 14.4 Å². The van der Waals surface area contributed by atoms with E-state index in [1.165, 1.54) is 0 Å². The van der Waals surface area contributed by atoms with Gasteiger partial charge in [0.2, 0.25) is 0 Å². The number of nitrogens with one attached hydrogen (secondary N) is 2. The zero-order valence-corrected chi connectivity index (χ0v) is 48.7. The van der Waals surface area contributed by atoms with Crippen LogP contribution in [0.1, 0.15) is 104 Å². The van der Waals surface area contributed by atoms with E-state index >= 15 is 0 Å². The molecule has 0 saturated carbocycles. The molecule has 1 heterocycles. The summed E-state index contributed by atoms with van der Waals surface area (Å²) in [6.45, 7) is 41.4. The predicted octanol–water partition coefficient (Wildman–Crippen LogP) is 11.9. The lowest BCUT2D eigenvalue weighted by Crippen LogP contribution is -2.49. The van der Waals surface area contributed by atoms with E-state index in [4.69, 9.17) is 43.4 Å². The van der Waals surface area contributed by atoms with Crippen LogP contribution in [0.15, 0.2) is 91.0 Å². The van der Waals surface area contributed by atoms with Gasteiger partial charge < -0.3 is 54.0 Å². The molecule has 1 aliphatic rings. The Labute approximate surface area is 429 Å². The molecular formula is C54H92N4O11Si2. The molecule has 3 amide bonds. The predicted molar refractivity (Wildman–Crippen MR) is 290 cm³/mol. The number of nitrogens with zero attached hydrogens (tertiary/aromatic N) is 1. The van der Waals surface area contributed by atoms with Gasteiger partial charge in [-0.05, 0) is 135 Å². The van der Waals surface area contributed by atoms with Crippen LogP contribution in [-0.4, -0.2) is 119 Å². The van der Waals surface area contributed by atoms with Crippen molar-refractivity contribution in [3.05, 3.63) is 91.0 Å². The maximum Gasteiger partial charge on any atom is 0.410 e. The van der Waals surface area contributed by atoms with Crippen LogP contribution in [0.25, 0.3) is 0 Å². The average Bonchev–Trinajstić information content (AvgIpc) is 4.02. The number of phenols is 1. The highest BCUT2D eigenvalue weighted by molar-refractivity contribution is 6.74. The third kappa shape index (κ3) is 29.3. The fourth-order valence-corrected chi connectivity index (χ4v) is 7.11. The van der Waals surface area contributed by atoms with Crippen molar-refractivity contribution < 1.29 is 52.0 Å². The van der Waals surface area contributed by atoms with Crippen molar-refractivity contribution >= 4 is 34.9 Å². The molecule has 3 aromatic carbocycles. The van der Waals surface area contributed by atoms with Crippen LogP contribution in [0.5, 0.6) is 17.2 Å². The molecule has 4 rings (SSSR count). The lowest BCUT2D eigenvalue weighted by Gasteiger charge is -2.37. The molecule has 3 atom stereocenters. The number of carbonyl (C=O) groups excluding carboxylic acids is 3.